The highest BCUT2D eigenvalue weighted by Gasteiger charge is 2.23. The zero-order valence-corrected chi connectivity index (χ0v) is 11.6. The molecular weight excluding hydrogens is 270 g/mol. The first kappa shape index (κ1) is 11.9. The Morgan fingerprint density at radius 3 is 2.75 bits per heavy atom. The summed E-state index contributed by atoms with van der Waals surface area (Å²) < 4.78 is 2.29. The predicted octanol–water partition coefficient (Wildman–Crippen LogP) is 3.38. The number of nitrogens with zero attached hydrogens (tertiary/aromatic N) is 2. The maximum Gasteiger partial charge on any atom is 0.112 e. The van der Waals surface area contributed by atoms with Gasteiger partial charge in [0.05, 0.1) is 11.0 Å². The van der Waals surface area contributed by atoms with Gasteiger partial charge in [0.25, 0.3) is 0 Å². The molecule has 0 fully saturated rings. The van der Waals surface area contributed by atoms with Crippen LogP contribution in [0.25, 0.3) is 11.0 Å². The van der Waals surface area contributed by atoms with E-state index in [0.29, 0.717) is 0 Å². The molecule has 1 aliphatic heterocycles. The maximum absolute atomic E-state index is 5.99. The summed E-state index contributed by atoms with van der Waals surface area (Å²) in [7, 11) is 0. The number of halogens is 1. The summed E-state index contributed by atoms with van der Waals surface area (Å²) in [6, 6.07) is 16.3. The number of imidazole rings is 1. The van der Waals surface area contributed by atoms with Gasteiger partial charge in [-0.15, -0.1) is 0 Å². The summed E-state index contributed by atoms with van der Waals surface area (Å²) in [4.78, 5) is 4.74. The van der Waals surface area contributed by atoms with E-state index in [1.165, 1.54) is 11.1 Å². The van der Waals surface area contributed by atoms with E-state index in [1.807, 2.05) is 18.2 Å². The molecule has 0 saturated heterocycles. The monoisotopic (exact) mass is 283 g/mol. The van der Waals surface area contributed by atoms with Gasteiger partial charge in [0.1, 0.15) is 12.0 Å². The summed E-state index contributed by atoms with van der Waals surface area (Å²) in [6.45, 7) is 0.941. The van der Waals surface area contributed by atoms with Crippen LogP contribution < -0.4 is 5.32 Å². The first-order chi connectivity index (χ1) is 9.83. The first-order valence-corrected chi connectivity index (χ1v) is 7.15. The maximum atomic E-state index is 5.99. The van der Waals surface area contributed by atoms with Crippen molar-refractivity contribution in [3.63, 3.8) is 0 Å². The van der Waals surface area contributed by atoms with E-state index in [0.717, 1.165) is 29.3 Å². The number of rotatable bonds is 1. The highest BCUT2D eigenvalue weighted by Crippen LogP contribution is 2.27. The van der Waals surface area contributed by atoms with Crippen molar-refractivity contribution in [1.29, 1.82) is 0 Å². The molecule has 20 heavy (non-hydrogen) atoms. The van der Waals surface area contributed by atoms with Gasteiger partial charge in [0.15, 0.2) is 0 Å². The van der Waals surface area contributed by atoms with Gasteiger partial charge in [-0.2, -0.15) is 0 Å². The third-order valence-corrected chi connectivity index (χ3v) is 4.05. The van der Waals surface area contributed by atoms with Crippen LogP contribution in [0.4, 0.5) is 0 Å². The molecule has 0 aliphatic carbocycles. The third-order valence-electron chi connectivity index (χ3n) is 3.80. The number of nitrogens with one attached hydrogen (secondary N) is 1. The molecule has 1 aromatic heterocycles. The Morgan fingerprint density at radius 2 is 1.90 bits per heavy atom. The average Bonchev–Trinajstić information content (AvgIpc) is 2.86. The van der Waals surface area contributed by atoms with Crippen LogP contribution in [0.15, 0.2) is 48.5 Å². The molecule has 1 aliphatic rings. The van der Waals surface area contributed by atoms with Gasteiger partial charge >= 0.3 is 0 Å². The molecule has 2 heterocycles. The fraction of sp³-hybridized carbons (Fsp3) is 0.188. The van der Waals surface area contributed by atoms with E-state index < -0.39 is 0 Å². The minimum atomic E-state index is 0.128. The number of aromatic nitrogens is 2. The van der Waals surface area contributed by atoms with E-state index in [-0.39, 0.29) is 6.17 Å². The zero-order chi connectivity index (χ0) is 13.5. The fourth-order valence-electron chi connectivity index (χ4n) is 2.88. The molecular formula is C16H14ClN3. The van der Waals surface area contributed by atoms with Crippen LogP contribution in [0.5, 0.6) is 0 Å². The van der Waals surface area contributed by atoms with E-state index in [9.17, 15) is 0 Å². The number of benzene rings is 2. The number of hydrogen-bond donors (Lipinski definition) is 1. The molecule has 1 atom stereocenters. The lowest BCUT2D eigenvalue weighted by molar-refractivity contribution is 0.422. The van der Waals surface area contributed by atoms with Gasteiger partial charge in [-0.05, 0) is 29.8 Å². The van der Waals surface area contributed by atoms with Crippen LogP contribution >= 0.6 is 11.6 Å². The molecule has 0 amide bonds. The standard InChI is InChI=1S/C16H14ClN3/c17-12-7-5-11(6-8-12)16-18-10-9-15-19-13-3-1-2-4-14(13)20(15)16/h1-8,16,18H,9-10H2. The highest BCUT2D eigenvalue weighted by molar-refractivity contribution is 6.30. The topological polar surface area (TPSA) is 29.9 Å². The molecule has 0 spiro atoms. The second-order valence-corrected chi connectivity index (χ2v) is 5.48. The Kier molecular flexibility index (Phi) is 2.76. The first-order valence-electron chi connectivity index (χ1n) is 6.77. The lowest BCUT2D eigenvalue weighted by Gasteiger charge is -2.27. The molecule has 2 aromatic carbocycles. The smallest absolute Gasteiger partial charge is 0.112 e. The Bertz CT molecular complexity index is 761. The highest BCUT2D eigenvalue weighted by atomic mass is 35.5. The normalized spacial score (nSPS) is 18.1. The molecule has 3 nitrogen and oxygen atoms in total. The van der Waals surface area contributed by atoms with Crippen LogP contribution in [0, 0.1) is 0 Å². The summed E-state index contributed by atoms with van der Waals surface area (Å²) in [5.74, 6) is 1.14. The van der Waals surface area contributed by atoms with Gasteiger partial charge in [0.2, 0.25) is 0 Å². The quantitative estimate of drug-likeness (QED) is 0.742. The summed E-state index contributed by atoms with van der Waals surface area (Å²) in [5.41, 5.74) is 3.44. The van der Waals surface area contributed by atoms with E-state index in [2.05, 4.69) is 40.2 Å². The van der Waals surface area contributed by atoms with Crippen molar-refractivity contribution < 1.29 is 0 Å². The van der Waals surface area contributed by atoms with Crippen LogP contribution in [0.1, 0.15) is 17.6 Å². The van der Waals surface area contributed by atoms with Crippen molar-refractivity contribution in [2.45, 2.75) is 12.6 Å². The van der Waals surface area contributed by atoms with Crippen LogP contribution in [-0.4, -0.2) is 16.1 Å². The van der Waals surface area contributed by atoms with Gasteiger partial charge in [-0.1, -0.05) is 35.9 Å². The largest absolute Gasteiger partial charge is 0.307 e. The van der Waals surface area contributed by atoms with E-state index >= 15 is 0 Å². The van der Waals surface area contributed by atoms with Gasteiger partial charge in [-0.25, -0.2) is 4.98 Å². The number of fused-ring (bicyclic) bond motifs is 3. The van der Waals surface area contributed by atoms with Crippen molar-refractivity contribution in [3.05, 3.63) is 64.9 Å². The Morgan fingerprint density at radius 1 is 1.10 bits per heavy atom. The lowest BCUT2D eigenvalue weighted by Crippen LogP contribution is -2.35. The fourth-order valence-corrected chi connectivity index (χ4v) is 3.01. The van der Waals surface area contributed by atoms with E-state index in [1.54, 1.807) is 0 Å². The van der Waals surface area contributed by atoms with Crippen molar-refractivity contribution in [3.8, 4) is 0 Å². The summed E-state index contributed by atoms with van der Waals surface area (Å²) in [6.07, 6.45) is 1.09. The van der Waals surface area contributed by atoms with Crippen molar-refractivity contribution in [2.24, 2.45) is 0 Å². The third kappa shape index (κ3) is 1.82. The van der Waals surface area contributed by atoms with Crippen molar-refractivity contribution in [1.82, 2.24) is 14.9 Å². The van der Waals surface area contributed by atoms with Gasteiger partial charge < -0.3 is 4.57 Å². The predicted molar refractivity (Wildman–Crippen MR) is 81.0 cm³/mol. The summed E-state index contributed by atoms with van der Waals surface area (Å²) in [5, 5.41) is 4.33. The molecule has 3 aromatic rings. The Hall–Kier alpha value is -1.84. The molecule has 1 unspecified atom stereocenters. The number of hydrogen-bond acceptors (Lipinski definition) is 2. The van der Waals surface area contributed by atoms with Gasteiger partial charge in [0, 0.05) is 18.0 Å². The van der Waals surface area contributed by atoms with Crippen LogP contribution in [-0.2, 0) is 6.42 Å². The molecule has 0 bridgehead atoms. The van der Waals surface area contributed by atoms with Crippen LogP contribution in [0.2, 0.25) is 5.02 Å². The summed E-state index contributed by atoms with van der Waals surface area (Å²) >= 11 is 5.99. The SMILES string of the molecule is Clc1ccc(C2NCCc3nc4ccccc4n32)cc1. The number of para-hydroxylation sites is 2. The van der Waals surface area contributed by atoms with Crippen LogP contribution in [0.3, 0.4) is 0 Å². The minimum Gasteiger partial charge on any atom is -0.307 e. The molecule has 0 saturated carbocycles. The van der Waals surface area contributed by atoms with E-state index in [4.69, 9.17) is 16.6 Å². The van der Waals surface area contributed by atoms with Crippen molar-refractivity contribution >= 4 is 22.6 Å². The second-order valence-electron chi connectivity index (χ2n) is 5.04. The lowest BCUT2D eigenvalue weighted by atomic mass is 10.1. The molecule has 0 radical (unpaired) electrons. The molecule has 4 rings (SSSR count). The Labute approximate surface area is 122 Å². The van der Waals surface area contributed by atoms with Gasteiger partial charge in [-0.3, -0.25) is 5.32 Å². The second kappa shape index (κ2) is 4.62. The average molecular weight is 284 g/mol. The molecule has 4 heteroatoms. The minimum absolute atomic E-state index is 0.128. The molecule has 100 valence electrons. The zero-order valence-electron chi connectivity index (χ0n) is 10.9. The van der Waals surface area contributed by atoms with Crippen molar-refractivity contribution in [2.75, 3.05) is 6.54 Å². The molecule has 1 N–H and O–H groups in total. The Balaban J connectivity index is 1.90.